The molecule has 0 aliphatic heterocycles. The van der Waals surface area contributed by atoms with E-state index < -0.39 is 0 Å². The number of aromatic amines is 1. The summed E-state index contributed by atoms with van der Waals surface area (Å²) in [6.07, 6.45) is 3.76. The zero-order chi connectivity index (χ0) is 21.4. The molecule has 0 radical (unpaired) electrons. The molecule has 5 rings (SSSR count). The van der Waals surface area contributed by atoms with E-state index in [4.69, 9.17) is 4.74 Å². The van der Waals surface area contributed by atoms with E-state index in [1.807, 2.05) is 49.5 Å². The molecule has 0 aliphatic rings. The minimum atomic E-state index is -0.137. The second kappa shape index (κ2) is 7.60. The highest BCUT2D eigenvalue weighted by Gasteiger charge is 2.14. The number of ether oxygens (including phenoxy) is 1. The monoisotopic (exact) mass is 411 g/mol. The predicted molar refractivity (Wildman–Crippen MR) is 120 cm³/mol. The van der Waals surface area contributed by atoms with Crippen LogP contribution in [-0.4, -0.2) is 32.5 Å². The van der Waals surface area contributed by atoms with Crippen LogP contribution < -0.4 is 10.1 Å². The Morgan fingerprint density at radius 2 is 2.00 bits per heavy atom. The number of hydrogen-bond donors (Lipinski definition) is 2. The van der Waals surface area contributed by atoms with Crippen LogP contribution in [0.2, 0.25) is 0 Å². The van der Waals surface area contributed by atoms with Gasteiger partial charge in [0, 0.05) is 35.3 Å². The Bertz CT molecular complexity index is 1400. The third kappa shape index (κ3) is 3.50. The quantitative estimate of drug-likeness (QED) is 0.457. The van der Waals surface area contributed by atoms with Crippen molar-refractivity contribution in [1.29, 1.82) is 0 Å². The van der Waals surface area contributed by atoms with Gasteiger partial charge in [0.15, 0.2) is 5.65 Å². The van der Waals surface area contributed by atoms with E-state index >= 15 is 0 Å². The Labute approximate surface area is 178 Å². The van der Waals surface area contributed by atoms with Gasteiger partial charge in [0.05, 0.1) is 31.2 Å². The van der Waals surface area contributed by atoms with Gasteiger partial charge in [0.2, 0.25) is 0 Å². The topological polar surface area (TPSA) is 84.8 Å². The van der Waals surface area contributed by atoms with Gasteiger partial charge in [-0.25, -0.2) is 9.97 Å². The molecule has 3 aromatic heterocycles. The lowest BCUT2D eigenvalue weighted by Gasteiger charge is -2.04. The lowest BCUT2D eigenvalue weighted by molar-refractivity contribution is 0.0950. The largest absolute Gasteiger partial charge is 0.497 e. The first-order valence-corrected chi connectivity index (χ1v) is 9.94. The number of carbonyl (C=O) groups is 1. The summed E-state index contributed by atoms with van der Waals surface area (Å²) in [5.74, 6) is 0.672. The molecule has 0 saturated carbocycles. The first kappa shape index (κ1) is 18.9. The van der Waals surface area contributed by atoms with Gasteiger partial charge < -0.3 is 19.6 Å². The number of methoxy groups -OCH3 is 1. The van der Waals surface area contributed by atoms with Gasteiger partial charge in [-0.05, 0) is 36.4 Å². The zero-order valence-electron chi connectivity index (χ0n) is 17.2. The third-order valence-electron chi connectivity index (χ3n) is 5.34. The van der Waals surface area contributed by atoms with Crippen LogP contribution in [-0.2, 0) is 13.6 Å². The van der Waals surface area contributed by atoms with E-state index in [1.165, 1.54) is 0 Å². The predicted octanol–water partition coefficient (Wildman–Crippen LogP) is 4.06. The lowest BCUT2D eigenvalue weighted by atomic mass is 10.1. The summed E-state index contributed by atoms with van der Waals surface area (Å²) in [6, 6.07) is 17.1. The van der Waals surface area contributed by atoms with E-state index in [2.05, 4.69) is 31.0 Å². The molecular formula is C24H21N5O2. The molecule has 5 aromatic rings. The normalized spacial score (nSPS) is 11.2. The van der Waals surface area contributed by atoms with Gasteiger partial charge in [-0.15, -0.1) is 0 Å². The molecule has 0 aliphatic carbocycles. The number of nitrogens with zero attached hydrogens (tertiary/aromatic N) is 3. The first-order chi connectivity index (χ1) is 15.1. The van der Waals surface area contributed by atoms with Gasteiger partial charge in [0.25, 0.3) is 5.91 Å². The van der Waals surface area contributed by atoms with E-state index in [9.17, 15) is 4.79 Å². The number of H-pyrrole nitrogens is 1. The van der Waals surface area contributed by atoms with Crippen LogP contribution in [0.25, 0.3) is 33.3 Å². The van der Waals surface area contributed by atoms with Crippen molar-refractivity contribution >= 4 is 28.0 Å². The maximum absolute atomic E-state index is 12.3. The lowest BCUT2D eigenvalue weighted by Crippen LogP contribution is -2.23. The number of rotatable bonds is 5. The Hall–Kier alpha value is -4.13. The first-order valence-electron chi connectivity index (χ1n) is 9.94. The van der Waals surface area contributed by atoms with Gasteiger partial charge >= 0.3 is 0 Å². The molecule has 0 unspecified atom stereocenters. The maximum atomic E-state index is 12.3. The van der Waals surface area contributed by atoms with E-state index in [0.29, 0.717) is 23.4 Å². The molecule has 0 atom stereocenters. The van der Waals surface area contributed by atoms with Crippen LogP contribution in [0.1, 0.15) is 16.1 Å². The van der Waals surface area contributed by atoms with Crippen LogP contribution >= 0.6 is 0 Å². The van der Waals surface area contributed by atoms with Crippen LogP contribution in [0.3, 0.4) is 0 Å². The van der Waals surface area contributed by atoms with Crippen molar-refractivity contribution in [3.8, 4) is 17.0 Å². The molecule has 0 saturated heterocycles. The highest BCUT2D eigenvalue weighted by Crippen LogP contribution is 2.33. The van der Waals surface area contributed by atoms with Crippen molar-refractivity contribution in [1.82, 2.24) is 24.8 Å². The number of amides is 1. The standard InChI is InChI=1S/C24H21N5O2/c1-29-14-19(18-10-17(31-2)8-9-22(18)29)20-11-21-23(28-20)25-12-16(27-21)13-26-24(30)15-6-4-3-5-7-15/h3-12,14H,13H2,1-2H3,(H,25,28)(H,26,30). The molecule has 3 heterocycles. The molecule has 0 spiro atoms. The second-order valence-electron chi connectivity index (χ2n) is 7.36. The van der Waals surface area contributed by atoms with E-state index in [0.717, 1.165) is 33.4 Å². The zero-order valence-corrected chi connectivity index (χ0v) is 17.2. The maximum Gasteiger partial charge on any atom is 0.251 e. The third-order valence-corrected chi connectivity index (χ3v) is 5.34. The van der Waals surface area contributed by atoms with Gasteiger partial charge in [0.1, 0.15) is 11.3 Å². The molecule has 0 bridgehead atoms. The minimum Gasteiger partial charge on any atom is -0.497 e. The molecule has 7 nitrogen and oxygen atoms in total. The Kier molecular flexibility index (Phi) is 4.63. The molecule has 0 fully saturated rings. The average molecular weight is 411 g/mol. The Morgan fingerprint density at radius 3 is 2.81 bits per heavy atom. The van der Waals surface area contributed by atoms with Crippen LogP contribution in [0.5, 0.6) is 5.75 Å². The number of benzene rings is 2. The number of aromatic nitrogens is 4. The molecule has 31 heavy (non-hydrogen) atoms. The fourth-order valence-electron chi connectivity index (χ4n) is 3.74. The number of carbonyl (C=O) groups excluding carboxylic acids is 1. The molecular weight excluding hydrogens is 390 g/mol. The van der Waals surface area contributed by atoms with Crippen molar-refractivity contribution < 1.29 is 9.53 Å². The number of fused-ring (bicyclic) bond motifs is 2. The Balaban J connectivity index is 1.44. The molecule has 2 N–H and O–H groups in total. The number of nitrogens with one attached hydrogen (secondary N) is 2. The van der Waals surface area contributed by atoms with E-state index in [1.54, 1.807) is 25.4 Å². The Morgan fingerprint density at radius 1 is 1.16 bits per heavy atom. The summed E-state index contributed by atoms with van der Waals surface area (Å²) in [5, 5.41) is 3.98. The van der Waals surface area contributed by atoms with Crippen molar-refractivity contribution in [3.05, 3.63) is 78.2 Å². The summed E-state index contributed by atoms with van der Waals surface area (Å²) < 4.78 is 7.48. The van der Waals surface area contributed by atoms with Crippen LogP contribution in [0.15, 0.2) is 67.0 Å². The van der Waals surface area contributed by atoms with Crippen molar-refractivity contribution in [2.45, 2.75) is 6.54 Å². The smallest absolute Gasteiger partial charge is 0.251 e. The van der Waals surface area contributed by atoms with Crippen molar-refractivity contribution in [2.24, 2.45) is 7.05 Å². The van der Waals surface area contributed by atoms with Crippen molar-refractivity contribution in [3.63, 3.8) is 0 Å². The SMILES string of the molecule is COc1ccc2c(c1)c(-c1cc3nc(CNC(=O)c4ccccc4)cnc3[nH]1)cn2C. The summed E-state index contributed by atoms with van der Waals surface area (Å²) in [7, 11) is 3.68. The number of aryl methyl sites for hydroxylation is 1. The average Bonchev–Trinajstić information content (AvgIpc) is 3.38. The molecule has 1 amide bonds. The van der Waals surface area contributed by atoms with Crippen LogP contribution in [0.4, 0.5) is 0 Å². The summed E-state index contributed by atoms with van der Waals surface area (Å²) in [5.41, 5.74) is 5.86. The van der Waals surface area contributed by atoms with Crippen molar-refractivity contribution in [2.75, 3.05) is 7.11 Å². The van der Waals surface area contributed by atoms with Gasteiger partial charge in [-0.1, -0.05) is 18.2 Å². The van der Waals surface area contributed by atoms with E-state index in [-0.39, 0.29) is 5.91 Å². The van der Waals surface area contributed by atoms with Crippen LogP contribution in [0, 0.1) is 0 Å². The highest BCUT2D eigenvalue weighted by atomic mass is 16.5. The number of hydrogen-bond acceptors (Lipinski definition) is 4. The molecule has 154 valence electrons. The summed E-state index contributed by atoms with van der Waals surface area (Å²) in [4.78, 5) is 24.8. The second-order valence-corrected chi connectivity index (χ2v) is 7.36. The van der Waals surface area contributed by atoms with Gasteiger partial charge in [-0.3, -0.25) is 4.79 Å². The fourth-order valence-corrected chi connectivity index (χ4v) is 3.74. The molecule has 2 aromatic carbocycles. The molecule has 7 heteroatoms. The minimum absolute atomic E-state index is 0.137. The van der Waals surface area contributed by atoms with Gasteiger partial charge in [-0.2, -0.15) is 0 Å². The summed E-state index contributed by atoms with van der Waals surface area (Å²) in [6.45, 7) is 0.308. The fraction of sp³-hybridized carbons (Fsp3) is 0.125. The highest BCUT2D eigenvalue weighted by molar-refractivity contribution is 5.98. The summed E-state index contributed by atoms with van der Waals surface area (Å²) >= 11 is 0.